The van der Waals surface area contributed by atoms with E-state index in [1.54, 1.807) is 6.07 Å². The minimum atomic E-state index is -0.0905. The van der Waals surface area contributed by atoms with Crippen molar-refractivity contribution in [3.05, 3.63) is 52.7 Å². The molecule has 2 aliphatic rings. The average molecular weight is 390 g/mol. The van der Waals surface area contributed by atoms with Crippen molar-refractivity contribution < 1.29 is 9.15 Å². The molecule has 5 nitrogen and oxygen atoms in total. The van der Waals surface area contributed by atoms with Gasteiger partial charge in [-0.2, -0.15) is 0 Å². The smallest absolute Gasteiger partial charge is 0.190 e. The third-order valence-electron chi connectivity index (χ3n) is 5.11. The molecule has 0 saturated heterocycles. The molecule has 0 aromatic heterocycles. The number of hydrogen-bond donors (Lipinski definition) is 0. The second-order valence-electron chi connectivity index (χ2n) is 7.67. The van der Waals surface area contributed by atoms with E-state index in [9.17, 15) is 4.79 Å². The zero-order chi connectivity index (χ0) is 20.5. The van der Waals surface area contributed by atoms with Gasteiger partial charge in [-0.1, -0.05) is 13.8 Å². The molecule has 0 radical (unpaired) electrons. The molecule has 0 fully saturated rings. The van der Waals surface area contributed by atoms with E-state index in [4.69, 9.17) is 14.1 Å². The van der Waals surface area contributed by atoms with Crippen molar-refractivity contribution in [2.75, 3.05) is 24.6 Å². The van der Waals surface area contributed by atoms with Crippen LogP contribution in [0.15, 0.2) is 51.7 Å². The van der Waals surface area contributed by atoms with Crippen molar-refractivity contribution in [1.29, 1.82) is 0 Å². The quantitative estimate of drug-likeness (QED) is 0.329. The minimum absolute atomic E-state index is 0.0905. The van der Waals surface area contributed by atoms with Crippen LogP contribution in [-0.2, 0) is 0 Å². The number of fused-ring (bicyclic) bond motifs is 4. The zero-order valence-electron chi connectivity index (χ0n) is 17.4. The molecule has 0 bridgehead atoms. The van der Waals surface area contributed by atoms with Gasteiger partial charge in [0.25, 0.3) is 0 Å². The monoisotopic (exact) mass is 390 g/mol. The molecule has 0 spiro atoms. The molecule has 1 heterocycles. The molecule has 1 aliphatic heterocycles. The molecule has 5 heteroatoms. The summed E-state index contributed by atoms with van der Waals surface area (Å²) >= 11 is 0. The first-order chi connectivity index (χ1) is 14.0. The highest BCUT2D eigenvalue weighted by Gasteiger charge is 2.17. The van der Waals surface area contributed by atoms with Gasteiger partial charge < -0.3 is 14.1 Å². The maximum atomic E-state index is 12.7. The lowest BCUT2D eigenvalue weighted by Gasteiger charge is -2.21. The summed E-state index contributed by atoms with van der Waals surface area (Å²) in [4.78, 5) is 19.8. The number of rotatable bonds is 6. The van der Waals surface area contributed by atoms with Crippen LogP contribution in [0.25, 0.3) is 33.3 Å². The summed E-state index contributed by atoms with van der Waals surface area (Å²) in [5, 5.41) is 1.38. The van der Waals surface area contributed by atoms with Gasteiger partial charge in [-0.3, -0.25) is 4.79 Å². The van der Waals surface area contributed by atoms with Gasteiger partial charge in [-0.25, -0.2) is 4.98 Å². The van der Waals surface area contributed by atoms with Gasteiger partial charge in [0.05, 0.1) is 6.61 Å². The summed E-state index contributed by atoms with van der Waals surface area (Å²) in [5.74, 6) is 1.62. The summed E-state index contributed by atoms with van der Waals surface area (Å²) in [6.45, 7) is 10.9. The molecule has 1 aliphatic carbocycles. The van der Waals surface area contributed by atoms with E-state index in [2.05, 4.69) is 38.7 Å². The van der Waals surface area contributed by atoms with Gasteiger partial charge in [-0.05, 0) is 50.1 Å². The van der Waals surface area contributed by atoms with Crippen molar-refractivity contribution in [3.8, 4) is 17.2 Å². The van der Waals surface area contributed by atoms with Crippen LogP contribution in [0, 0.1) is 5.92 Å². The van der Waals surface area contributed by atoms with E-state index in [0.29, 0.717) is 40.7 Å². The highest BCUT2D eigenvalue weighted by molar-refractivity contribution is 5.97. The van der Waals surface area contributed by atoms with Gasteiger partial charge in [0, 0.05) is 41.7 Å². The second kappa shape index (κ2) is 7.74. The molecular weight excluding hydrogens is 364 g/mol. The fraction of sp³-hybridized carbons (Fsp3) is 0.333. The summed E-state index contributed by atoms with van der Waals surface area (Å²) in [5.41, 5.74) is 3.14. The molecule has 0 unspecified atom stereocenters. The van der Waals surface area contributed by atoms with Crippen molar-refractivity contribution >= 4 is 27.6 Å². The van der Waals surface area contributed by atoms with Crippen molar-refractivity contribution in [3.63, 3.8) is 0 Å². The Morgan fingerprint density at radius 1 is 1.03 bits per heavy atom. The predicted octanol–water partition coefficient (Wildman–Crippen LogP) is 5.33. The van der Waals surface area contributed by atoms with Gasteiger partial charge in [0.1, 0.15) is 17.0 Å². The van der Waals surface area contributed by atoms with E-state index >= 15 is 0 Å². The van der Waals surface area contributed by atoms with E-state index in [1.807, 2.05) is 24.3 Å². The van der Waals surface area contributed by atoms with Gasteiger partial charge >= 0.3 is 0 Å². The van der Waals surface area contributed by atoms with Crippen LogP contribution in [0.1, 0.15) is 27.7 Å². The Labute approximate surface area is 170 Å². The number of benzene rings is 3. The SMILES string of the molecule is CCN(CC)c1ccc2nc3c4ccc(OCC(C)C)cc4c(=O)cc-3oc2c1. The number of nitrogens with zero attached hydrogens (tertiary/aromatic N) is 2. The van der Waals surface area contributed by atoms with Crippen LogP contribution < -0.4 is 15.1 Å². The Morgan fingerprint density at radius 3 is 2.55 bits per heavy atom. The number of ether oxygens (including phenoxy) is 1. The highest BCUT2D eigenvalue weighted by atomic mass is 16.5. The Bertz CT molecular complexity index is 1190. The van der Waals surface area contributed by atoms with Crippen LogP contribution in [0.3, 0.4) is 0 Å². The summed E-state index contributed by atoms with van der Waals surface area (Å²) in [6.07, 6.45) is 0. The summed E-state index contributed by atoms with van der Waals surface area (Å²) in [7, 11) is 0. The number of anilines is 1. The fourth-order valence-electron chi connectivity index (χ4n) is 3.58. The average Bonchev–Trinajstić information content (AvgIpc) is 2.72. The van der Waals surface area contributed by atoms with Gasteiger partial charge in [0.15, 0.2) is 16.8 Å². The maximum absolute atomic E-state index is 12.7. The van der Waals surface area contributed by atoms with Crippen LogP contribution in [0.5, 0.6) is 5.75 Å². The van der Waals surface area contributed by atoms with Crippen LogP contribution in [0.2, 0.25) is 0 Å². The predicted molar refractivity (Wildman–Crippen MR) is 118 cm³/mol. The molecule has 0 N–H and O–H groups in total. The van der Waals surface area contributed by atoms with E-state index in [0.717, 1.165) is 29.7 Å². The molecular formula is C24H26N2O3. The van der Waals surface area contributed by atoms with Crippen LogP contribution in [0.4, 0.5) is 5.69 Å². The molecule has 150 valence electrons. The van der Waals surface area contributed by atoms with Crippen LogP contribution in [-0.4, -0.2) is 24.7 Å². The molecule has 0 amide bonds. The Hall–Kier alpha value is -3.08. The van der Waals surface area contributed by atoms with E-state index in [-0.39, 0.29) is 5.43 Å². The second-order valence-corrected chi connectivity index (χ2v) is 7.67. The molecule has 29 heavy (non-hydrogen) atoms. The van der Waals surface area contributed by atoms with E-state index in [1.165, 1.54) is 6.07 Å². The first-order valence-electron chi connectivity index (χ1n) is 10.2. The number of hydrogen-bond acceptors (Lipinski definition) is 5. The minimum Gasteiger partial charge on any atom is -0.493 e. The third-order valence-corrected chi connectivity index (χ3v) is 5.11. The lowest BCUT2D eigenvalue weighted by molar-refractivity contribution is 0.271. The van der Waals surface area contributed by atoms with E-state index < -0.39 is 0 Å². The zero-order valence-corrected chi connectivity index (χ0v) is 17.4. The standard InChI is InChI=1S/C24H26N2O3/c1-5-26(6-2)16-7-10-20-22(11-16)29-23-13-21(27)19-12-17(28-14-15(3)4)8-9-18(19)24(23)25-20/h7-13,15H,5-6,14H2,1-4H3. The van der Waals surface area contributed by atoms with Gasteiger partial charge in [0.2, 0.25) is 0 Å². The molecule has 2 aromatic rings. The van der Waals surface area contributed by atoms with Crippen molar-refractivity contribution in [1.82, 2.24) is 4.98 Å². The largest absolute Gasteiger partial charge is 0.493 e. The molecule has 4 rings (SSSR count). The van der Waals surface area contributed by atoms with Gasteiger partial charge in [-0.15, -0.1) is 0 Å². The first-order valence-corrected chi connectivity index (χ1v) is 10.2. The normalized spacial score (nSPS) is 11.6. The summed E-state index contributed by atoms with van der Waals surface area (Å²) < 4.78 is 11.9. The maximum Gasteiger partial charge on any atom is 0.190 e. The highest BCUT2D eigenvalue weighted by Crippen LogP contribution is 2.33. The number of aromatic nitrogens is 1. The Kier molecular flexibility index (Phi) is 5.14. The Balaban J connectivity index is 1.86. The van der Waals surface area contributed by atoms with Crippen molar-refractivity contribution in [2.24, 2.45) is 5.92 Å². The topological polar surface area (TPSA) is 55.6 Å². The lowest BCUT2D eigenvalue weighted by atomic mass is 10.0. The fourth-order valence-corrected chi connectivity index (χ4v) is 3.58. The van der Waals surface area contributed by atoms with Crippen LogP contribution >= 0.6 is 0 Å². The Morgan fingerprint density at radius 2 is 1.83 bits per heavy atom. The first kappa shape index (κ1) is 19.2. The lowest BCUT2D eigenvalue weighted by Crippen LogP contribution is -2.21. The summed E-state index contributed by atoms with van der Waals surface area (Å²) in [6, 6.07) is 13.1. The van der Waals surface area contributed by atoms with Crippen molar-refractivity contribution in [2.45, 2.75) is 27.7 Å². The molecule has 2 aromatic carbocycles. The molecule has 0 atom stereocenters. The molecule has 0 saturated carbocycles. The third kappa shape index (κ3) is 3.65.